The molecule has 1 aliphatic heterocycles. The SMILES string of the molecule is O=C(Nc1cccc2c1C[C@@H](N1CCC(c3ccccc3)CC1)[C@H](O)C2)c1ccccc1I. The highest BCUT2D eigenvalue weighted by Gasteiger charge is 2.35. The van der Waals surface area contributed by atoms with E-state index in [2.05, 4.69) is 69.2 Å². The third-order valence-electron chi connectivity index (χ3n) is 7.20. The van der Waals surface area contributed by atoms with Crippen LogP contribution in [0.5, 0.6) is 0 Å². The Morgan fingerprint density at radius 1 is 0.909 bits per heavy atom. The van der Waals surface area contributed by atoms with Crippen LogP contribution in [0.15, 0.2) is 72.8 Å². The largest absolute Gasteiger partial charge is 0.391 e. The van der Waals surface area contributed by atoms with E-state index in [0.717, 1.165) is 52.7 Å². The predicted octanol–water partition coefficient (Wildman–Crippen LogP) is 5.25. The van der Waals surface area contributed by atoms with E-state index in [9.17, 15) is 9.90 Å². The minimum atomic E-state index is -0.383. The first-order valence-corrected chi connectivity index (χ1v) is 12.8. The van der Waals surface area contributed by atoms with Crippen LogP contribution in [0.4, 0.5) is 5.69 Å². The molecule has 0 unspecified atom stereocenters. The average molecular weight is 552 g/mol. The normalized spacial score (nSPS) is 21.4. The molecule has 1 saturated heterocycles. The Bertz CT molecular complexity index is 1130. The molecule has 4 nitrogen and oxygen atoms in total. The molecular formula is C28H29IN2O2. The molecule has 0 aromatic heterocycles. The Labute approximate surface area is 209 Å². The summed E-state index contributed by atoms with van der Waals surface area (Å²) in [6, 6.07) is 24.5. The van der Waals surface area contributed by atoms with E-state index < -0.39 is 0 Å². The number of benzene rings is 3. The molecule has 3 aromatic rings. The van der Waals surface area contributed by atoms with Gasteiger partial charge in [-0.1, -0.05) is 54.6 Å². The molecule has 3 aromatic carbocycles. The zero-order valence-corrected chi connectivity index (χ0v) is 20.7. The molecular weight excluding hydrogens is 523 g/mol. The Morgan fingerprint density at radius 3 is 2.39 bits per heavy atom. The molecule has 170 valence electrons. The van der Waals surface area contributed by atoms with Crippen molar-refractivity contribution in [2.75, 3.05) is 18.4 Å². The summed E-state index contributed by atoms with van der Waals surface area (Å²) < 4.78 is 0.937. The van der Waals surface area contributed by atoms with Gasteiger partial charge in [0.25, 0.3) is 5.91 Å². The van der Waals surface area contributed by atoms with Gasteiger partial charge in [-0.15, -0.1) is 0 Å². The maximum atomic E-state index is 13.0. The second-order valence-corrected chi connectivity index (χ2v) is 10.3. The molecule has 2 atom stereocenters. The highest BCUT2D eigenvalue weighted by Crippen LogP contribution is 2.34. The number of hydrogen-bond donors (Lipinski definition) is 2. The summed E-state index contributed by atoms with van der Waals surface area (Å²) in [5.41, 5.74) is 5.28. The monoisotopic (exact) mass is 552 g/mol. The number of nitrogens with one attached hydrogen (secondary N) is 1. The number of fused-ring (bicyclic) bond motifs is 1. The Kier molecular flexibility index (Phi) is 6.81. The number of anilines is 1. The fourth-order valence-corrected chi connectivity index (χ4v) is 6.02. The van der Waals surface area contributed by atoms with Crippen LogP contribution in [0.25, 0.3) is 0 Å². The van der Waals surface area contributed by atoms with E-state index in [-0.39, 0.29) is 18.1 Å². The van der Waals surface area contributed by atoms with E-state index in [1.807, 2.05) is 36.4 Å². The van der Waals surface area contributed by atoms with Crippen LogP contribution in [0.3, 0.4) is 0 Å². The quantitative estimate of drug-likeness (QED) is 0.435. The van der Waals surface area contributed by atoms with Gasteiger partial charge in [0.15, 0.2) is 0 Å². The Hall–Kier alpha value is -2.22. The highest BCUT2D eigenvalue weighted by molar-refractivity contribution is 14.1. The van der Waals surface area contributed by atoms with Gasteiger partial charge in [-0.25, -0.2) is 0 Å². The van der Waals surface area contributed by atoms with Crippen molar-refractivity contribution in [1.82, 2.24) is 4.90 Å². The summed E-state index contributed by atoms with van der Waals surface area (Å²) in [5.74, 6) is 0.512. The predicted molar refractivity (Wildman–Crippen MR) is 141 cm³/mol. The lowest BCUT2D eigenvalue weighted by Gasteiger charge is -2.42. The van der Waals surface area contributed by atoms with Gasteiger partial charge < -0.3 is 10.4 Å². The smallest absolute Gasteiger partial charge is 0.256 e. The fraction of sp³-hybridized carbons (Fsp3) is 0.321. The number of carbonyl (C=O) groups excluding carboxylic acids is 1. The van der Waals surface area contributed by atoms with Crippen molar-refractivity contribution in [3.05, 3.63) is 98.6 Å². The molecule has 0 radical (unpaired) electrons. The number of halogens is 1. The second-order valence-electron chi connectivity index (χ2n) is 9.14. The number of rotatable bonds is 4. The summed E-state index contributed by atoms with van der Waals surface area (Å²) in [4.78, 5) is 15.4. The number of hydrogen-bond acceptors (Lipinski definition) is 3. The van der Waals surface area contributed by atoms with E-state index >= 15 is 0 Å². The molecule has 5 rings (SSSR count). The number of aliphatic hydroxyl groups is 1. The minimum Gasteiger partial charge on any atom is -0.391 e. The van der Waals surface area contributed by atoms with Crippen LogP contribution in [0.2, 0.25) is 0 Å². The van der Waals surface area contributed by atoms with Gasteiger partial charge in [-0.3, -0.25) is 9.69 Å². The van der Waals surface area contributed by atoms with Crippen LogP contribution in [0, 0.1) is 3.57 Å². The van der Waals surface area contributed by atoms with Crippen molar-refractivity contribution in [1.29, 1.82) is 0 Å². The highest BCUT2D eigenvalue weighted by atomic mass is 127. The zero-order chi connectivity index (χ0) is 22.8. The molecule has 1 heterocycles. The van der Waals surface area contributed by atoms with Crippen LogP contribution in [-0.2, 0) is 12.8 Å². The molecule has 33 heavy (non-hydrogen) atoms. The number of aliphatic hydroxyl groups excluding tert-OH is 1. The standard InChI is InChI=1S/C28H29IN2O2/c29-24-11-5-4-10-22(24)28(33)30-25-12-6-9-21-17-27(32)26(18-23(21)25)31-15-13-20(14-16-31)19-7-2-1-3-8-19/h1-12,20,26-27,32H,13-18H2,(H,30,33)/t26-,27-/m1/s1. The van der Waals surface area contributed by atoms with Crippen molar-refractivity contribution in [3.63, 3.8) is 0 Å². The van der Waals surface area contributed by atoms with Crippen molar-refractivity contribution < 1.29 is 9.90 Å². The lowest BCUT2D eigenvalue weighted by atomic mass is 9.82. The summed E-state index contributed by atoms with van der Waals surface area (Å²) in [6.07, 6.45) is 3.24. The van der Waals surface area contributed by atoms with Gasteiger partial charge in [0.2, 0.25) is 0 Å². The third-order valence-corrected chi connectivity index (χ3v) is 8.14. The maximum absolute atomic E-state index is 13.0. The van der Waals surface area contributed by atoms with Crippen molar-refractivity contribution in [2.45, 2.75) is 43.7 Å². The van der Waals surface area contributed by atoms with E-state index in [0.29, 0.717) is 17.9 Å². The summed E-state index contributed by atoms with van der Waals surface area (Å²) in [6.45, 7) is 1.99. The molecule has 0 bridgehead atoms. The number of likely N-dealkylation sites (tertiary alicyclic amines) is 1. The maximum Gasteiger partial charge on any atom is 0.256 e. The van der Waals surface area contributed by atoms with E-state index in [1.165, 1.54) is 5.56 Å². The third kappa shape index (κ3) is 4.86. The first kappa shape index (κ1) is 22.6. The lowest BCUT2D eigenvalue weighted by Crippen LogP contribution is -2.51. The first-order valence-electron chi connectivity index (χ1n) is 11.7. The molecule has 1 amide bonds. The molecule has 5 heteroatoms. The summed E-state index contributed by atoms with van der Waals surface area (Å²) in [7, 11) is 0. The number of carbonyl (C=O) groups is 1. The van der Waals surface area contributed by atoms with Crippen LogP contribution < -0.4 is 5.32 Å². The van der Waals surface area contributed by atoms with Crippen molar-refractivity contribution >= 4 is 34.2 Å². The van der Waals surface area contributed by atoms with E-state index in [4.69, 9.17) is 0 Å². The number of nitrogens with zero attached hydrogens (tertiary/aromatic N) is 1. The van der Waals surface area contributed by atoms with Crippen molar-refractivity contribution in [2.24, 2.45) is 0 Å². The fourth-order valence-electron chi connectivity index (χ4n) is 5.39. The second kappa shape index (κ2) is 9.95. The number of piperidine rings is 1. The summed E-state index contributed by atoms with van der Waals surface area (Å²) in [5, 5.41) is 14.2. The van der Waals surface area contributed by atoms with Crippen molar-refractivity contribution in [3.8, 4) is 0 Å². The van der Waals surface area contributed by atoms with Crippen LogP contribution >= 0.6 is 22.6 Å². The first-order chi connectivity index (χ1) is 16.1. The van der Waals surface area contributed by atoms with Crippen LogP contribution in [0.1, 0.15) is 45.8 Å². The molecule has 1 aliphatic carbocycles. The van der Waals surface area contributed by atoms with Gasteiger partial charge in [-0.05, 0) is 95.8 Å². The summed E-state index contributed by atoms with van der Waals surface area (Å²) >= 11 is 2.20. The molecule has 2 aliphatic rings. The molecule has 1 fully saturated rings. The van der Waals surface area contributed by atoms with Gasteiger partial charge in [0.05, 0.1) is 11.7 Å². The number of amides is 1. The lowest BCUT2D eigenvalue weighted by molar-refractivity contribution is 0.0296. The molecule has 0 saturated carbocycles. The molecule has 0 spiro atoms. The van der Waals surface area contributed by atoms with Gasteiger partial charge in [0, 0.05) is 21.7 Å². The van der Waals surface area contributed by atoms with Gasteiger partial charge in [0.1, 0.15) is 0 Å². The van der Waals surface area contributed by atoms with Gasteiger partial charge in [-0.2, -0.15) is 0 Å². The topological polar surface area (TPSA) is 52.6 Å². The van der Waals surface area contributed by atoms with Crippen LogP contribution in [-0.4, -0.2) is 41.1 Å². The average Bonchev–Trinajstić information content (AvgIpc) is 2.85. The Balaban J connectivity index is 1.31. The minimum absolute atomic E-state index is 0.0836. The molecule has 2 N–H and O–H groups in total. The van der Waals surface area contributed by atoms with E-state index in [1.54, 1.807) is 0 Å². The Morgan fingerprint density at radius 2 is 1.64 bits per heavy atom. The zero-order valence-electron chi connectivity index (χ0n) is 18.6. The van der Waals surface area contributed by atoms with Gasteiger partial charge >= 0.3 is 0 Å².